The van der Waals surface area contributed by atoms with Crippen LogP contribution in [0.4, 0.5) is 16.5 Å². The van der Waals surface area contributed by atoms with Gasteiger partial charge in [0.1, 0.15) is 0 Å². The van der Waals surface area contributed by atoms with Gasteiger partial charge in [-0.3, -0.25) is 4.79 Å². The van der Waals surface area contributed by atoms with Crippen LogP contribution in [0.2, 0.25) is 0 Å². The number of nitrogens with one attached hydrogen (secondary N) is 2. The van der Waals surface area contributed by atoms with Crippen molar-refractivity contribution in [2.45, 2.75) is 31.0 Å². The van der Waals surface area contributed by atoms with E-state index in [0.29, 0.717) is 0 Å². The number of rotatable bonds is 7. The van der Waals surface area contributed by atoms with Gasteiger partial charge in [0.25, 0.3) is 0 Å². The zero-order chi connectivity index (χ0) is 15.1. The van der Waals surface area contributed by atoms with Crippen LogP contribution in [0.15, 0.2) is 28.6 Å². The maximum atomic E-state index is 11.1. The zero-order valence-corrected chi connectivity index (χ0v) is 13.7. The van der Waals surface area contributed by atoms with Gasteiger partial charge < -0.3 is 10.6 Å². The molecule has 0 unspecified atom stereocenters. The average Bonchev–Trinajstić information content (AvgIpc) is 2.86. The van der Waals surface area contributed by atoms with Crippen LogP contribution in [0.25, 0.3) is 0 Å². The molecule has 2 rings (SSSR count). The van der Waals surface area contributed by atoms with Crippen LogP contribution in [-0.2, 0) is 4.79 Å². The molecule has 5 nitrogen and oxygen atoms in total. The van der Waals surface area contributed by atoms with E-state index in [2.05, 4.69) is 27.8 Å². The molecule has 0 aliphatic heterocycles. The van der Waals surface area contributed by atoms with Crippen LogP contribution in [0.3, 0.4) is 0 Å². The van der Waals surface area contributed by atoms with E-state index in [1.165, 1.54) is 19.8 Å². The van der Waals surface area contributed by atoms with Gasteiger partial charge in [-0.2, -0.15) is 0 Å². The highest BCUT2D eigenvalue weighted by atomic mass is 32.2. The molecule has 1 heterocycles. The molecular weight excluding hydrogens is 304 g/mol. The fourth-order valence-corrected chi connectivity index (χ4v) is 3.55. The minimum absolute atomic E-state index is 0.0855. The summed E-state index contributed by atoms with van der Waals surface area (Å²) in [5.41, 5.74) is 1.64. The highest BCUT2D eigenvalue weighted by Gasteiger charge is 2.05. The fourth-order valence-electron chi connectivity index (χ4n) is 1.62. The number of anilines is 3. The molecule has 0 aliphatic rings. The molecule has 0 bridgehead atoms. The van der Waals surface area contributed by atoms with Gasteiger partial charge in [0, 0.05) is 24.1 Å². The SMILES string of the molecule is CCCCSc1nnc(Nc2cccc(NC(C)=O)c2)s1. The average molecular weight is 322 g/mol. The summed E-state index contributed by atoms with van der Waals surface area (Å²) in [6.07, 6.45) is 2.37. The summed E-state index contributed by atoms with van der Waals surface area (Å²) in [7, 11) is 0. The summed E-state index contributed by atoms with van der Waals surface area (Å²) >= 11 is 3.28. The first-order chi connectivity index (χ1) is 10.2. The second kappa shape index (κ2) is 7.99. The van der Waals surface area contributed by atoms with Gasteiger partial charge in [-0.1, -0.05) is 42.5 Å². The lowest BCUT2D eigenvalue weighted by atomic mass is 10.3. The Bertz CT molecular complexity index is 600. The minimum atomic E-state index is -0.0855. The third kappa shape index (κ3) is 5.35. The van der Waals surface area contributed by atoms with E-state index in [4.69, 9.17) is 0 Å². The summed E-state index contributed by atoms with van der Waals surface area (Å²) in [6, 6.07) is 7.52. The number of carbonyl (C=O) groups is 1. The molecule has 0 saturated carbocycles. The number of thioether (sulfide) groups is 1. The molecule has 21 heavy (non-hydrogen) atoms. The summed E-state index contributed by atoms with van der Waals surface area (Å²) in [4.78, 5) is 11.1. The number of nitrogens with zero attached hydrogens (tertiary/aromatic N) is 2. The van der Waals surface area contributed by atoms with Crippen molar-refractivity contribution in [3.8, 4) is 0 Å². The number of aromatic nitrogens is 2. The van der Waals surface area contributed by atoms with E-state index in [9.17, 15) is 4.79 Å². The van der Waals surface area contributed by atoms with Gasteiger partial charge in [0.2, 0.25) is 11.0 Å². The quantitative estimate of drug-likeness (QED) is 0.592. The first-order valence-corrected chi connectivity index (χ1v) is 8.58. The van der Waals surface area contributed by atoms with Crippen molar-refractivity contribution in [3.63, 3.8) is 0 Å². The Hall–Kier alpha value is -1.60. The Labute approximate surface area is 132 Å². The number of carbonyl (C=O) groups excluding carboxylic acids is 1. The largest absolute Gasteiger partial charge is 0.330 e. The van der Waals surface area contributed by atoms with E-state index in [-0.39, 0.29) is 5.91 Å². The van der Waals surface area contributed by atoms with Crippen LogP contribution >= 0.6 is 23.1 Å². The van der Waals surface area contributed by atoms with Gasteiger partial charge in [-0.15, -0.1) is 10.2 Å². The second-order valence-corrected chi connectivity index (χ2v) is 6.78. The molecular formula is C14H18N4OS2. The van der Waals surface area contributed by atoms with Crippen LogP contribution in [0.5, 0.6) is 0 Å². The second-order valence-electron chi connectivity index (χ2n) is 4.46. The molecule has 0 atom stereocenters. The Morgan fingerprint density at radius 2 is 2.14 bits per heavy atom. The molecule has 0 aliphatic carbocycles. The van der Waals surface area contributed by atoms with Crippen LogP contribution in [0.1, 0.15) is 26.7 Å². The van der Waals surface area contributed by atoms with Crippen LogP contribution in [0, 0.1) is 0 Å². The predicted octanol–water partition coefficient (Wildman–Crippen LogP) is 4.13. The van der Waals surface area contributed by atoms with Crippen LogP contribution in [-0.4, -0.2) is 21.9 Å². The number of unbranched alkanes of at least 4 members (excludes halogenated alkanes) is 1. The summed E-state index contributed by atoms with van der Waals surface area (Å²) in [6.45, 7) is 3.67. The first kappa shape index (κ1) is 15.8. The van der Waals surface area contributed by atoms with Crippen molar-refractivity contribution in [2.75, 3.05) is 16.4 Å². The van der Waals surface area contributed by atoms with Gasteiger partial charge in [0.05, 0.1) is 0 Å². The smallest absolute Gasteiger partial charge is 0.221 e. The number of hydrogen-bond acceptors (Lipinski definition) is 6. The molecule has 0 saturated heterocycles. The topological polar surface area (TPSA) is 66.9 Å². The number of hydrogen-bond donors (Lipinski definition) is 2. The van der Waals surface area contributed by atoms with Crippen molar-refractivity contribution < 1.29 is 4.79 Å². The maximum Gasteiger partial charge on any atom is 0.221 e. The lowest BCUT2D eigenvalue weighted by molar-refractivity contribution is -0.114. The number of benzene rings is 1. The normalized spacial score (nSPS) is 10.4. The Kier molecular flexibility index (Phi) is 6.01. The molecule has 2 aromatic rings. The number of amides is 1. The lowest BCUT2D eigenvalue weighted by Crippen LogP contribution is -2.05. The summed E-state index contributed by atoms with van der Waals surface area (Å²) in [5.74, 6) is 0.987. The Morgan fingerprint density at radius 3 is 2.90 bits per heavy atom. The molecule has 7 heteroatoms. The van der Waals surface area contributed by atoms with Gasteiger partial charge in [-0.25, -0.2) is 0 Å². The molecule has 1 aromatic heterocycles. The molecule has 1 amide bonds. The Balaban J connectivity index is 1.96. The third-order valence-corrected chi connectivity index (χ3v) is 4.62. The van der Waals surface area contributed by atoms with Crippen molar-refractivity contribution in [1.29, 1.82) is 0 Å². The predicted molar refractivity (Wildman–Crippen MR) is 89.6 cm³/mol. The first-order valence-electron chi connectivity index (χ1n) is 6.78. The maximum absolute atomic E-state index is 11.1. The molecule has 2 N–H and O–H groups in total. The molecule has 0 fully saturated rings. The van der Waals surface area contributed by atoms with Gasteiger partial charge in [0.15, 0.2) is 4.34 Å². The minimum Gasteiger partial charge on any atom is -0.330 e. The van der Waals surface area contributed by atoms with Crippen molar-refractivity contribution >= 4 is 45.5 Å². The summed E-state index contributed by atoms with van der Waals surface area (Å²) < 4.78 is 0.976. The van der Waals surface area contributed by atoms with Crippen LogP contribution < -0.4 is 10.6 Å². The molecule has 112 valence electrons. The van der Waals surface area contributed by atoms with Gasteiger partial charge >= 0.3 is 0 Å². The summed E-state index contributed by atoms with van der Waals surface area (Å²) in [5, 5.41) is 15.0. The van der Waals surface area contributed by atoms with Crippen molar-refractivity contribution in [3.05, 3.63) is 24.3 Å². The molecule has 0 spiro atoms. The van der Waals surface area contributed by atoms with E-state index < -0.39 is 0 Å². The Morgan fingerprint density at radius 1 is 1.33 bits per heavy atom. The van der Waals surface area contributed by atoms with Crippen molar-refractivity contribution in [1.82, 2.24) is 10.2 Å². The van der Waals surface area contributed by atoms with E-state index in [1.54, 1.807) is 23.1 Å². The monoisotopic (exact) mass is 322 g/mol. The fraction of sp³-hybridized carbons (Fsp3) is 0.357. The van der Waals surface area contributed by atoms with E-state index in [0.717, 1.165) is 26.6 Å². The standard InChI is InChI=1S/C14H18N4OS2/c1-3-4-8-20-14-18-17-13(21-14)16-12-7-5-6-11(9-12)15-10(2)19/h5-7,9H,3-4,8H2,1-2H3,(H,15,19)(H,16,17). The molecule has 0 radical (unpaired) electrons. The highest BCUT2D eigenvalue weighted by Crippen LogP contribution is 2.28. The van der Waals surface area contributed by atoms with E-state index in [1.807, 2.05) is 24.3 Å². The molecule has 1 aromatic carbocycles. The van der Waals surface area contributed by atoms with Crippen molar-refractivity contribution in [2.24, 2.45) is 0 Å². The van der Waals surface area contributed by atoms with Gasteiger partial charge in [-0.05, 0) is 24.6 Å². The van der Waals surface area contributed by atoms with E-state index >= 15 is 0 Å². The highest BCUT2D eigenvalue weighted by molar-refractivity contribution is 8.01. The lowest BCUT2D eigenvalue weighted by Gasteiger charge is -2.05. The third-order valence-electron chi connectivity index (χ3n) is 2.56. The zero-order valence-electron chi connectivity index (χ0n) is 12.0.